The molecule has 0 saturated carbocycles. The first-order chi connectivity index (χ1) is 13.6. The fourth-order valence-electron chi connectivity index (χ4n) is 2.50. The number of para-hydroxylation sites is 1. The van der Waals surface area contributed by atoms with Gasteiger partial charge in [-0.25, -0.2) is 4.57 Å². The minimum Gasteiger partial charge on any atom is -0.403 e. The maximum absolute atomic E-state index is 13.3. The average molecular weight is 396 g/mol. The zero-order valence-electron chi connectivity index (χ0n) is 15.5. The maximum atomic E-state index is 13.3. The lowest BCUT2D eigenvalue weighted by atomic mass is 10.1. The highest BCUT2D eigenvalue weighted by atomic mass is 31.2. The average Bonchev–Trinajstić information content (AvgIpc) is 2.73. The Bertz CT molecular complexity index is 909. The number of carbonyl (C=O) groups excluding carboxylic acids is 1. The second kappa shape index (κ2) is 9.47. The summed E-state index contributed by atoms with van der Waals surface area (Å²) in [5, 5.41) is 0. The Balaban J connectivity index is 1.81. The molecule has 0 unspecified atom stereocenters. The zero-order chi connectivity index (χ0) is 19.8. The van der Waals surface area contributed by atoms with Crippen molar-refractivity contribution in [2.24, 2.45) is 0 Å². The van der Waals surface area contributed by atoms with Gasteiger partial charge in [-0.2, -0.15) is 0 Å². The molecular formula is C22H21O5P. The number of Topliss-reactive ketones (excluding diaryl/α,β-unsaturated/α-hetero) is 1. The highest BCUT2D eigenvalue weighted by Crippen LogP contribution is 2.51. The molecule has 5 nitrogen and oxygen atoms in total. The van der Waals surface area contributed by atoms with Gasteiger partial charge in [0.25, 0.3) is 0 Å². The van der Waals surface area contributed by atoms with Gasteiger partial charge in [-0.05, 0) is 30.2 Å². The van der Waals surface area contributed by atoms with Gasteiger partial charge in [0.1, 0.15) is 5.75 Å². The Morgan fingerprint density at radius 2 is 1.21 bits per heavy atom. The normalized spacial score (nSPS) is 11.2. The third kappa shape index (κ3) is 5.64. The number of hydrogen-bond donors (Lipinski definition) is 0. The molecule has 0 bridgehead atoms. The summed E-state index contributed by atoms with van der Waals surface area (Å²) in [6.45, 7) is 1.52. The van der Waals surface area contributed by atoms with Gasteiger partial charge in [-0.3, -0.25) is 13.8 Å². The van der Waals surface area contributed by atoms with Crippen molar-refractivity contribution < 1.29 is 22.9 Å². The van der Waals surface area contributed by atoms with Crippen LogP contribution in [0.4, 0.5) is 0 Å². The van der Waals surface area contributed by atoms with E-state index in [9.17, 15) is 9.36 Å². The minimum absolute atomic E-state index is 0.0507. The summed E-state index contributed by atoms with van der Waals surface area (Å²) >= 11 is 0. The fourth-order valence-corrected chi connectivity index (χ4v) is 3.70. The second-order valence-corrected chi connectivity index (χ2v) is 7.70. The molecule has 6 heteroatoms. The Morgan fingerprint density at radius 1 is 0.750 bits per heavy atom. The molecule has 0 atom stereocenters. The number of carbonyl (C=O) groups is 1. The predicted molar refractivity (Wildman–Crippen MR) is 107 cm³/mol. The summed E-state index contributed by atoms with van der Waals surface area (Å²) in [6.07, 6.45) is 0. The molecule has 0 aromatic heterocycles. The van der Waals surface area contributed by atoms with E-state index in [0.717, 1.165) is 11.1 Å². The molecule has 0 spiro atoms. The largest absolute Gasteiger partial charge is 0.530 e. The van der Waals surface area contributed by atoms with Crippen LogP contribution in [0.15, 0.2) is 84.9 Å². The number of phosphoric acid groups is 1. The molecule has 0 saturated heterocycles. The molecule has 0 amide bonds. The first-order valence-electron chi connectivity index (χ1n) is 8.82. The van der Waals surface area contributed by atoms with Crippen LogP contribution in [0.3, 0.4) is 0 Å². The third-order valence-electron chi connectivity index (χ3n) is 3.94. The molecule has 0 aliphatic rings. The summed E-state index contributed by atoms with van der Waals surface area (Å²) in [7, 11) is -3.99. The Hall–Kier alpha value is -2.72. The molecule has 0 fully saturated rings. The van der Waals surface area contributed by atoms with Gasteiger partial charge in [-0.15, -0.1) is 0 Å². The van der Waals surface area contributed by atoms with Crippen molar-refractivity contribution >= 4 is 13.6 Å². The van der Waals surface area contributed by atoms with E-state index in [0.29, 0.717) is 5.56 Å². The van der Waals surface area contributed by atoms with Crippen molar-refractivity contribution in [3.63, 3.8) is 0 Å². The topological polar surface area (TPSA) is 61.8 Å². The third-order valence-corrected chi connectivity index (χ3v) is 5.25. The summed E-state index contributed by atoms with van der Waals surface area (Å²) in [5.41, 5.74) is 1.97. The van der Waals surface area contributed by atoms with Crippen LogP contribution in [-0.4, -0.2) is 5.78 Å². The van der Waals surface area contributed by atoms with E-state index >= 15 is 0 Å². The van der Waals surface area contributed by atoms with Gasteiger partial charge in [0.2, 0.25) is 0 Å². The molecule has 3 aromatic rings. The lowest BCUT2D eigenvalue weighted by molar-refractivity contribution is 0.101. The van der Waals surface area contributed by atoms with Crippen molar-refractivity contribution in [1.82, 2.24) is 0 Å². The molecule has 28 heavy (non-hydrogen) atoms. The molecule has 3 aromatic carbocycles. The van der Waals surface area contributed by atoms with Gasteiger partial charge >= 0.3 is 7.82 Å². The highest BCUT2D eigenvalue weighted by Gasteiger charge is 2.30. The minimum atomic E-state index is -3.99. The van der Waals surface area contributed by atoms with Gasteiger partial charge in [0.15, 0.2) is 5.78 Å². The van der Waals surface area contributed by atoms with Crippen molar-refractivity contribution in [3.8, 4) is 5.75 Å². The van der Waals surface area contributed by atoms with Crippen molar-refractivity contribution in [2.75, 3.05) is 0 Å². The van der Waals surface area contributed by atoms with E-state index in [1.807, 2.05) is 60.7 Å². The lowest BCUT2D eigenvalue weighted by Crippen LogP contribution is -2.06. The van der Waals surface area contributed by atoms with E-state index in [-0.39, 0.29) is 24.7 Å². The van der Waals surface area contributed by atoms with Crippen molar-refractivity contribution in [2.45, 2.75) is 20.1 Å². The molecular weight excluding hydrogens is 375 g/mol. The molecule has 0 radical (unpaired) electrons. The van der Waals surface area contributed by atoms with Crippen LogP contribution < -0.4 is 4.52 Å². The highest BCUT2D eigenvalue weighted by molar-refractivity contribution is 7.48. The van der Waals surface area contributed by atoms with E-state index in [1.54, 1.807) is 24.3 Å². The quantitative estimate of drug-likeness (QED) is 0.337. The molecule has 0 aliphatic heterocycles. The monoisotopic (exact) mass is 396 g/mol. The Kier molecular flexibility index (Phi) is 6.77. The zero-order valence-corrected chi connectivity index (χ0v) is 16.4. The fraction of sp³-hybridized carbons (Fsp3) is 0.136. The molecule has 0 aliphatic carbocycles. The summed E-state index contributed by atoms with van der Waals surface area (Å²) in [4.78, 5) is 11.9. The lowest BCUT2D eigenvalue weighted by Gasteiger charge is -2.20. The molecule has 0 N–H and O–H groups in total. The Labute approximate surface area is 164 Å². The van der Waals surface area contributed by atoms with Gasteiger partial charge in [0.05, 0.1) is 18.8 Å². The SMILES string of the molecule is CC(=O)c1ccccc1OP(=O)(OCc1ccccc1)OCc1ccccc1. The van der Waals surface area contributed by atoms with Crippen LogP contribution in [0, 0.1) is 0 Å². The summed E-state index contributed by atoms with van der Waals surface area (Å²) < 4.78 is 30.1. The number of ketones is 1. The van der Waals surface area contributed by atoms with E-state index in [2.05, 4.69) is 0 Å². The van der Waals surface area contributed by atoms with Crippen LogP contribution in [-0.2, 0) is 26.8 Å². The van der Waals surface area contributed by atoms with E-state index in [1.165, 1.54) is 6.92 Å². The Morgan fingerprint density at radius 3 is 1.71 bits per heavy atom. The number of rotatable bonds is 9. The van der Waals surface area contributed by atoms with Crippen LogP contribution >= 0.6 is 7.82 Å². The van der Waals surface area contributed by atoms with Crippen LogP contribution in [0.1, 0.15) is 28.4 Å². The molecule has 144 valence electrons. The van der Waals surface area contributed by atoms with Crippen molar-refractivity contribution in [3.05, 3.63) is 102 Å². The first-order valence-corrected chi connectivity index (χ1v) is 10.3. The maximum Gasteiger partial charge on any atom is 0.530 e. The number of hydrogen-bond acceptors (Lipinski definition) is 5. The van der Waals surface area contributed by atoms with E-state index < -0.39 is 7.82 Å². The van der Waals surface area contributed by atoms with Crippen LogP contribution in [0.2, 0.25) is 0 Å². The smallest absolute Gasteiger partial charge is 0.403 e. The molecule has 3 rings (SSSR count). The van der Waals surface area contributed by atoms with Gasteiger partial charge < -0.3 is 4.52 Å². The molecule has 0 heterocycles. The standard InChI is InChI=1S/C22H21O5P/c1-18(23)21-14-8-9-15-22(21)27-28(24,25-16-19-10-4-2-5-11-19)26-17-20-12-6-3-7-13-20/h2-15H,16-17H2,1H3. The predicted octanol–water partition coefficient (Wildman–Crippen LogP) is 5.81. The number of benzene rings is 3. The van der Waals surface area contributed by atoms with Crippen molar-refractivity contribution in [1.29, 1.82) is 0 Å². The first kappa shape index (κ1) is 20.0. The van der Waals surface area contributed by atoms with E-state index in [4.69, 9.17) is 13.6 Å². The summed E-state index contributed by atoms with van der Waals surface area (Å²) in [6, 6.07) is 25.2. The summed E-state index contributed by atoms with van der Waals surface area (Å²) in [5.74, 6) is -0.0345. The van der Waals surface area contributed by atoms with Crippen LogP contribution in [0.25, 0.3) is 0 Å². The second-order valence-electron chi connectivity index (χ2n) is 6.11. The van der Waals surface area contributed by atoms with Crippen LogP contribution in [0.5, 0.6) is 5.75 Å². The number of phosphoric ester groups is 1. The van der Waals surface area contributed by atoms with Gasteiger partial charge in [-0.1, -0.05) is 72.8 Å². The van der Waals surface area contributed by atoms with Gasteiger partial charge in [0, 0.05) is 0 Å².